The van der Waals surface area contributed by atoms with Crippen LogP contribution < -0.4 is 4.74 Å². The van der Waals surface area contributed by atoms with Crippen molar-refractivity contribution in [2.45, 2.75) is 60.0 Å². The molecule has 0 unspecified atom stereocenters. The van der Waals surface area contributed by atoms with Gasteiger partial charge in [0.1, 0.15) is 0 Å². The maximum atomic E-state index is 14.6. The largest absolute Gasteiger partial charge is 0.491 e. The summed E-state index contributed by atoms with van der Waals surface area (Å²) in [4.78, 5) is 7.45. The number of pyridine rings is 2. The summed E-state index contributed by atoms with van der Waals surface area (Å²) in [5, 5.41) is 0. The van der Waals surface area contributed by atoms with Gasteiger partial charge in [-0.2, -0.15) is 79.0 Å². The highest BCUT2D eigenvalue weighted by atomic mass is 19.4. The number of aromatic nitrogens is 2. The summed E-state index contributed by atoms with van der Waals surface area (Å²) < 4.78 is 266. The van der Waals surface area contributed by atoms with Crippen molar-refractivity contribution in [1.82, 2.24) is 9.97 Å². The molecule has 0 aliphatic heterocycles. The van der Waals surface area contributed by atoms with Gasteiger partial charge in [0.05, 0.1) is 24.2 Å². The smallest absolute Gasteiger partial charge is 0.438 e. The minimum atomic E-state index is -9.09. The van der Waals surface area contributed by atoms with E-state index in [9.17, 15) is 83.4 Å². The quantitative estimate of drug-likeness (QED) is 0.152. The number of rotatable bonds is 10. The summed E-state index contributed by atoms with van der Waals surface area (Å²) in [6.07, 6.45) is -14.4. The molecule has 0 aliphatic carbocycles. The highest BCUT2D eigenvalue weighted by Crippen LogP contribution is 2.66. The highest BCUT2D eigenvalue weighted by Gasteiger charge is 2.98. The Hall–Kier alpha value is -4.89. The predicted molar refractivity (Wildman–Crippen MR) is 143 cm³/mol. The van der Waals surface area contributed by atoms with Crippen LogP contribution in [0.15, 0.2) is 67.3 Å². The number of ether oxygens (including phenoxy) is 1. The standard InChI is InChI=1S/C31H15F19N2O/c32-23(33,25(35,36)27(39,40)29(43,44)28(41,42)26(37,38)24(34,30(45,46)47)31(48,49)50)12-17-53-22-20(6-4-18-8-13-51-14-9-18)2-1-3-21(22)7-5-19-10-15-52-16-11-19/h1-3,8-11,13-16H,12,17H2. The van der Waals surface area contributed by atoms with Crippen molar-refractivity contribution in [2.24, 2.45) is 0 Å². The number of benzene rings is 1. The van der Waals surface area contributed by atoms with E-state index in [-0.39, 0.29) is 22.3 Å². The molecule has 0 atom stereocenters. The predicted octanol–water partition coefficient (Wildman–Crippen LogP) is 9.69. The van der Waals surface area contributed by atoms with E-state index in [2.05, 4.69) is 33.6 Å². The summed E-state index contributed by atoms with van der Waals surface area (Å²) in [5.41, 5.74) is -8.81. The van der Waals surface area contributed by atoms with E-state index in [4.69, 9.17) is 4.74 Å². The number of hydrogen-bond donors (Lipinski definition) is 0. The van der Waals surface area contributed by atoms with E-state index in [1.807, 2.05) is 0 Å². The molecule has 53 heavy (non-hydrogen) atoms. The van der Waals surface area contributed by atoms with Crippen LogP contribution in [0.3, 0.4) is 0 Å². The molecule has 2 heterocycles. The maximum Gasteiger partial charge on any atom is 0.438 e. The van der Waals surface area contributed by atoms with Crippen LogP contribution in [0.5, 0.6) is 5.75 Å². The molecule has 0 spiro atoms. The molecule has 22 heteroatoms. The van der Waals surface area contributed by atoms with Crippen molar-refractivity contribution in [1.29, 1.82) is 0 Å². The Morgan fingerprint density at radius 3 is 1.19 bits per heavy atom. The van der Waals surface area contributed by atoms with E-state index in [0.29, 0.717) is 0 Å². The minimum absolute atomic E-state index is 0.270. The van der Waals surface area contributed by atoms with Crippen molar-refractivity contribution < 1.29 is 88.2 Å². The van der Waals surface area contributed by atoms with Gasteiger partial charge in [0.25, 0.3) is 0 Å². The molecule has 0 bridgehead atoms. The topological polar surface area (TPSA) is 35.0 Å². The second-order valence-electron chi connectivity index (χ2n) is 10.5. The van der Waals surface area contributed by atoms with Crippen LogP contribution in [-0.4, -0.2) is 70.1 Å². The molecule has 3 aromatic rings. The van der Waals surface area contributed by atoms with E-state index in [1.54, 1.807) is 0 Å². The highest BCUT2D eigenvalue weighted by molar-refractivity contribution is 5.59. The lowest BCUT2D eigenvalue weighted by Gasteiger charge is -2.45. The lowest BCUT2D eigenvalue weighted by atomic mass is 9.83. The van der Waals surface area contributed by atoms with Crippen molar-refractivity contribution in [3.05, 3.63) is 89.5 Å². The molecular weight excluding hydrogens is 777 g/mol. The Morgan fingerprint density at radius 2 is 0.811 bits per heavy atom. The Balaban J connectivity index is 2.02. The van der Waals surface area contributed by atoms with Crippen LogP contribution in [0.25, 0.3) is 0 Å². The minimum Gasteiger partial charge on any atom is -0.491 e. The van der Waals surface area contributed by atoms with Crippen molar-refractivity contribution in [3.63, 3.8) is 0 Å². The summed E-state index contributed by atoms with van der Waals surface area (Å²) in [7, 11) is 0. The fourth-order valence-electron chi connectivity index (χ4n) is 4.03. The summed E-state index contributed by atoms with van der Waals surface area (Å²) >= 11 is 0. The van der Waals surface area contributed by atoms with Crippen LogP contribution in [0.1, 0.15) is 28.7 Å². The monoisotopic (exact) mass is 792 g/mol. The van der Waals surface area contributed by atoms with Crippen LogP contribution in [0.2, 0.25) is 0 Å². The summed E-state index contributed by atoms with van der Waals surface area (Å²) in [5.74, 6) is -41.1. The van der Waals surface area contributed by atoms with Gasteiger partial charge in [-0.1, -0.05) is 29.7 Å². The van der Waals surface area contributed by atoms with Crippen LogP contribution in [0, 0.1) is 23.7 Å². The molecule has 0 fully saturated rings. The molecule has 1 aromatic carbocycles. The van der Waals surface area contributed by atoms with E-state index in [0.717, 1.165) is 12.1 Å². The zero-order valence-corrected chi connectivity index (χ0v) is 25.2. The third-order valence-corrected chi connectivity index (χ3v) is 6.97. The molecule has 0 saturated carbocycles. The van der Waals surface area contributed by atoms with Gasteiger partial charge >= 0.3 is 53.6 Å². The normalized spacial score (nSPS) is 13.8. The number of alkyl halides is 19. The first kappa shape index (κ1) is 42.5. The van der Waals surface area contributed by atoms with Gasteiger partial charge in [-0.15, -0.1) is 0 Å². The SMILES string of the molecule is FC(F)(F)C(F)(C(F)(F)F)C(F)(F)C(F)(F)C(F)(F)C(F)(F)C(F)(F)C(F)(F)CCOc1c(C#Cc2ccncc2)cccc1C#Cc1ccncc1. The van der Waals surface area contributed by atoms with Gasteiger partial charge in [0.15, 0.2) is 5.75 Å². The number of para-hydroxylation sites is 1. The van der Waals surface area contributed by atoms with Crippen molar-refractivity contribution in [3.8, 4) is 29.4 Å². The van der Waals surface area contributed by atoms with Crippen LogP contribution in [-0.2, 0) is 0 Å². The zero-order valence-electron chi connectivity index (χ0n) is 25.2. The summed E-state index contributed by atoms with van der Waals surface area (Å²) in [6.45, 7) is -1.95. The average molecular weight is 792 g/mol. The molecule has 0 aliphatic rings. The van der Waals surface area contributed by atoms with Crippen LogP contribution >= 0.6 is 0 Å². The van der Waals surface area contributed by atoms with E-state index in [1.165, 1.54) is 55.1 Å². The zero-order chi connectivity index (χ0) is 40.5. The molecule has 0 amide bonds. The Labute approximate surface area is 284 Å². The molecule has 0 saturated heterocycles. The maximum absolute atomic E-state index is 14.6. The van der Waals surface area contributed by atoms with Gasteiger partial charge < -0.3 is 4.74 Å². The van der Waals surface area contributed by atoms with E-state index >= 15 is 0 Å². The Kier molecular flexibility index (Phi) is 11.4. The molecule has 0 radical (unpaired) electrons. The van der Waals surface area contributed by atoms with Gasteiger partial charge in [-0.3, -0.25) is 9.97 Å². The Morgan fingerprint density at radius 1 is 0.453 bits per heavy atom. The number of hydrogen-bond acceptors (Lipinski definition) is 3. The fourth-order valence-corrected chi connectivity index (χ4v) is 4.03. The van der Waals surface area contributed by atoms with Gasteiger partial charge in [-0.25, -0.2) is 4.39 Å². The first-order chi connectivity index (χ1) is 24.0. The van der Waals surface area contributed by atoms with Gasteiger partial charge in [0, 0.05) is 35.9 Å². The van der Waals surface area contributed by atoms with Gasteiger partial charge in [-0.05, 0) is 36.4 Å². The molecular formula is C31H15F19N2O. The third kappa shape index (κ3) is 7.36. The molecule has 288 valence electrons. The molecule has 3 rings (SSSR count). The van der Waals surface area contributed by atoms with Crippen molar-refractivity contribution in [2.75, 3.05) is 6.61 Å². The second kappa shape index (κ2) is 14.2. The molecule has 0 N–H and O–H groups in total. The number of nitrogens with zero attached hydrogens (tertiary/aromatic N) is 2. The van der Waals surface area contributed by atoms with E-state index < -0.39 is 72.3 Å². The van der Waals surface area contributed by atoms with Crippen LogP contribution in [0.4, 0.5) is 83.4 Å². The number of halogens is 19. The average Bonchev–Trinajstić information content (AvgIpc) is 3.05. The molecule has 3 nitrogen and oxygen atoms in total. The van der Waals surface area contributed by atoms with Gasteiger partial charge in [0.2, 0.25) is 0 Å². The lowest BCUT2D eigenvalue weighted by molar-refractivity contribution is -0.472. The first-order valence-corrected chi connectivity index (χ1v) is 13.7. The van der Waals surface area contributed by atoms with Crippen molar-refractivity contribution >= 4 is 0 Å². The first-order valence-electron chi connectivity index (χ1n) is 13.7. The molecule has 2 aromatic heterocycles. The third-order valence-electron chi connectivity index (χ3n) is 6.97. The Bertz CT molecular complexity index is 1780. The lowest BCUT2D eigenvalue weighted by Crippen LogP contribution is -2.77. The fraction of sp³-hybridized carbons (Fsp3) is 0.355. The summed E-state index contributed by atoms with van der Waals surface area (Å²) in [6, 6.07) is 8.99. The second-order valence-corrected chi connectivity index (χ2v) is 10.5.